The highest BCUT2D eigenvalue weighted by Gasteiger charge is 2.09. The lowest BCUT2D eigenvalue weighted by Gasteiger charge is -2.08. The predicted molar refractivity (Wildman–Crippen MR) is 81.1 cm³/mol. The van der Waals surface area contributed by atoms with Gasteiger partial charge in [0.2, 0.25) is 0 Å². The summed E-state index contributed by atoms with van der Waals surface area (Å²) in [7, 11) is 1.65. The largest absolute Gasteiger partial charge is 0.496 e. The van der Waals surface area contributed by atoms with Crippen molar-refractivity contribution in [2.45, 2.75) is 17.8 Å². The van der Waals surface area contributed by atoms with Crippen molar-refractivity contribution in [3.8, 4) is 5.75 Å². The molecule has 2 heterocycles. The maximum absolute atomic E-state index is 13.1. The van der Waals surface area contributed by atoms with Crippen LogP contribution in [-0.4, -0.2) is 22.1 Å². The monoisotopic (exact) mass is 303 g/mol. The normalized spacial score (nSPS) is 11.0. The van der Waals surface area contributed by atoms with Crippen molar-refractivity contribution >= 4 is 22.8 Å². The van der Waals surface area contributed by atoms with E-state index in [0.717, 1.165) is 27.7 Å². The van der Waals surface area contributed by atoms with Gasteiger partial charge in [0.25, 0.3) is 0 Å². The predicted octanol–water partition coefficient (Wildman–Crippen LogP) is 3.71. The van der Waals surface area contributed by atoms with Crippen LogP contribution in [0.4, 0.5) is 4.39 Å². The molecule has 0 spiro atoms. The molecular formula is C15H14FN3OS. The second-order valence-electron chi connectivity index (χ2n) is 4.58. The Bertz CT molecular complexity index is 788. The highest BCUT2D eigenvalue weighted by atomic mass is 32.2. The van der Waals surface area contributed by atoms with Crippen molar-refractivity contribution in [1.29, 1.82) is 0 Å². The minimum atomic E-state index is -0.282. The van der Waals surface area contributed by atoms with E-state index in [1.807, 2.05) is 13.0 Å². The van der Waals surface area contributed by atoms with Gasteiger partial charge in [-0.15, -0.1) is 0 Å². The van der Waals surface area contributed by atoms with Crippen LogP contribution in [0.2, 0.25) is 0 Å². The lowest BCUT2D eigenvalue weighted by atomic mass is 10.2. The van der Waals surface area contributed by atoms with E-state index in [9.17, 15) is 4.39 Å². The van der Waals surface area contributed by atoms with Crippen LogP contribution in [0.5, 0.6) is 5.75 Å². The number of rotatable bonds is 4. The molecular weight excluding hydrogens is 289 g/mol. The Balaban J connectivity index is 1.80. The fourth-order valence-corrected chi connectivity index (χ4v) is 3.00. The van der Waals surface area contributed by atoms with Crippen molar-refractivity contribution < 1.29 is 9.13 Å². The number of imidazole rings is 1. The Hall–Kier alpha value is -2.08. The molecule has 0 aliphatic heterocycles. The van der Waals surface area contributed by atoms with E-state index in [1.54, 1.807) is 19.4 Å². The molecule has 0 fully saturated rings. The molecule has 0 aliphatic rings. The molecule has 0 atom stereocenters. The van der Waals surface area contributed by atoms with Gasteiger partial charge in [-0.1, -0.05) is 11.8 Å². The van der Waals surface area contributed by atoms with Crippen LogP contribution in [0.1, 0.15) is 11.3 Å². The zero-order chi connectivity index (χ0) is 14.8. The number of H-pyrrole nitrogens is 1. The topological polar surface area (TPSA) is 50.8 Å². The van der Waals surface area contributed by atoms with Crippen LogP contribution >= 0.6 is 11.8 Å². The Kier molecular flexibility index (Phi) is 3.79. The molecule has 0 amide bonds. The Morgan fingerprint density at radius 1 is 1.33 bits per heavy atom. The number of ether oxygens (including phenoxy) is 1. The van der Waals surface area contributed by atoms with E-state index in [2.05, 4.69) is 15.0 Å². The van der Waals surface area contributed by atoms with Gasteiger partial charge in [-0.05, 0) is 25.1 Å². The number of benzene rings is 1. The molecule has 1 aromatic carbocycles. The Labute approximate surface area is 125 Å². The fraction of sp³-hybridized carbons (Fsp3) is 0.200. The quantitative estimate of drug-likeness (QED) is 0.747. The smallest absolute Gasteiger partial charge is 0.166 e. The van der Waals surface area contributed by atoms with Crippen LogP contribution in [0.3, 0.4) is 0 Å². The molecule has 4 nitrogen and oxygen atoms in total. The van der Waals surface area contributed by atoms with Crippen molar-refractivity contribution in [2.24, 2.45) is 0 Å². The van der Waals surface area contributed by atoms with Crippen molar-refractivity contribution in [3.05, 3.63) is 47.5 Å². The van der Waals surface area contributed by atoms with Gasteiger partial charge >= 0.3 is 0 Å². The van der Waals surface area contributed by atoms with Gasteiger partial charge in [-0.3, -0.25) is 4.98 Å². The highest BCUT2D eigenvalue weighted by Crippen LogP contribution is 2.26. The SMILES string of the molecule is COc1ccnc(CSc2nc3cc(F)ccc3[nH]2)c1C. The second kappa shape index (κ2) is 5.73. The molecule has 0 radical (unpaired) electrons. The van der Waals surface area contributed by atoms with E-state index in [1.165, 1.54) is 23.9 Å². The minimum absolute atomic E-state index is 0.282. The zero-order valence-electron chi connectivity index (χ0n) is 11.7. The minimum Gasteiger partial charge on any atom is -0.496 e. The van der Waals surface area contributed by atoms with Gasteiger partial charge in [0.1, 0.15) is 11.6 Å². The molecule has 108 valence electrons. The number of aromatic nitrogens is 3. The molecule has 1 N–H and O–H groups in total. The van der Waals surface area contributed by atoms with Crippen LogP contribution in [-0.2, 0) is 5.75 Å². The maximum atomic E-state index is 13.1. The van der Waals surface area contributed by atoms with Crippen molar-refractivity contribution in [2.75, 3.05) is 7.11 Å². The number of nitrogens with one attached hydrogen (secondary N) is 1. The third kappa shape index (κ3) is 2.85. The summed E-state index contributed by atoms with van der Waals surface area (Å²) in [5, 5.41) is 0.750. The second-order valence-corrected chi connectivity index (χ2v) is 5.54. The average Bonchev–Trinajstić information content (AvgIpc) is 2.88. The van der Waals surface area contributed by atoms with E-state index in [0.29, 0.717) is 11.3 Å². The van der Waals surface area contributed by atoms with Crippen LogP contribution < -0.4 is 4.74 Å². The summed E-state index contributed by atoms with van der Waals surface area (Å²) in [4.78, 5) is 11.9. The average molecular weight is 303 g/mol. The summed E-state index contributed by atoms with van der Waals surface area (Å²) in [6.45, 7) is 1.98. The van der Waals surface area contributed by atoms with Gasteiger partial charge in [0.15, 0.2) is 5.16 Å². The molecule has 3 rings (SSSR count). The summed E-state index contributed by atoms with van der Waals surface area (Å²) >= 11 is 1.53. The number of aromatic amines is 1. The first-order valence-corrected chi connectivity index (χ1v) is 7.42. The van der Waals surface area contributed by atoms with E-state index in [4.69, 9.17) is 4.74 Å². The number of hydrogen-bond donors (Lipinski definition) is 1. The van der Waals surface area contributed by atoms with Crippen LogP contribution in [0.25, 0.3) is 11.0 Å². The van der Waals surface area contributed by atoms with Gasteiger partial charge in [0, 0.05) is 23.6 Å². The maximum Gasteiger partial charge on any atom is 0.166 e. The Morgan fingerprint density at radius 2 is 2.19 bits per heavy atom. The summed E-state index contributed by atoms with van der Waals surface area (Å²) in [5.41, 5.74) is 3.43. The highest BCUT2D eigenvalue weighted by molar-refractivity contribution is 7.98. The number of nitrogens with zero attached hydrogens (tertiary/aromatic N) is 2. The fourth-order valence-electron chi connectivity index (χ4n) is 2.09. The molecule has 0 unspecified atom stereocenters. The van der Waals surface area contributed by atoms with E-state index >= 15 is 0 Å². The molecule has 0 bridgehead atoms. The zero-order valence-corrected chi connectivity index (χ0v) is 12.5. The summed E-state index contributed by atoms with van der Waals surface area (Å²) in [6, 6.07) is 6.37. The molecule has 3 aromatic rings. The number of hydrogen-bond acceptors (Lipinski definition) is 4. The molecule has 0 aliphatic carbocycles. The lowest BCUT2D eigenvalue weighted by molar-refractivity contribution is 0.410. The molecule has 6 heteroatoms. The third-order valence-corrected chi connectivity index (χ3v) is 4.13. The molecule has 2 aromatic heterocycles. The number of pyridine rings is 1. The number of fused-ring (bicyclic) bond motifs is 1. The first kappa shape index (κ1) is 13.9. The number of thioether (sulfide) groups is 1. The van der Waals surface area contributed by atoms with Gasteiger partial charge in [-0.25, -0.2) is 9.37 Å². The van der Waals surface area contributed by atoms with Gasteiger partial charge < -0.3 is 9.72 Å². The number of halogens is 1. The lowest BCUT2D eigenvalue weighted by Crippen LogP contribution is -1.95. The van der Waals surface area contributed by atoms with E-state index < -0.39 is 0 Å². The summed E-state index contributed by atoms with van der Waals surface area (Å²) < 4.78 is 18.4. The number of methoxy groups -OCH3 is 1. The third-order valence-electron chi connectivity index (χ3n) is 3.25. The summed E-state index contributed by atoms with van der Waals surface area (Å²) in [6.07, 6.45) is 1.73. The van der Waals surface area contributed by atoms with Crippen LogP contribution in [0, 0.1) is 12.7 Å². The van der Waals surface area contributed by atoms with Crippen molar-refractivity contribution in [1.82, 2.24) is 15.0 Å². The van der Waals surface area contributed by atoms with Crippen LogP contribution in [0.15, 0.2) is 35.6 Å². The van der Waals surface area contributed by atoms with Gasteiger partial charge in [-0.2, -0.15) is 0 Å². The molecule has 0 saturated heterocycles. The Morgan fingerprint density at radius 3 is 3.00 bits per heavy atom. The van der Waals surface area contributed by atoms with E-state index in [-0.39, 0.29) is 5.82 Å². The van der Waals surface area contributed by atoms with Gasteiger partial charge in [0.05, 0.1) is 23.8 Å². The molecule has 0 saturated carbocycles. The molecule has 21 heavy (non-hydrogen) atoms. The van der Waals surface area contributed by atoms with Crippen molar-refractivity contribution in [3.63, 3.8) is 0 Å². The first-order chi connectivity index (χ1) is 10.2. The standard InChI is InChI=1S/C15H14FN3OS/c1-9-13(17-6-5-14(9)20-2)8-21-15-18-11-4-3-10(16)7-12(11)19-15/h3-7H,8H2,1-2H3,(H,18,19). The summed E-state index contributed by atoms with van der Waals surface area (Å²) in [5.74, 6) is 1.22. The first-order valence-electron chi connectivity index (χ1n) is 6.44.